The first-order chi connectivity index (χ1) is 9.65. The number of rotatable bonds is 5. The van der Waals surface area contributed by atoms with Gasteiger partial charge in [0.15, 0.2) is 18.2 Å². The Hall–Kier alpha value is -2.28. The fraction of sp³-hybridized carbons (Fsp3) is 0.0769. The van der Waals surface area contributed by atoms with Crippen molar-refractivity contribution in [2.24, 2.45) is 5.16 Å². The van der Waals surface area contributed by atoms with Gasteiger partial charge in [-0.25, -0.2) is 8.78 Å². The summed E-state index contributed by atoms with van der Waals surface area (Å²) in [5, 5.41) is 7.87. The molecule has 0 aliphatic rings. The van der Waals surface area contributed by atoms with Crippen LogP contribution >= 0.6 is 11.3 Å². The normalized spacial score (nSPS) is 10.7. The smallest absolute Gasteiger partial charge is 0.265 e. The minimum Gasteiger partial charge on any atom is -0.386 e. The van der Waals surface area contributed by atoms with Gasteiger partial charge in [-0.15, -0.1) is 11.3 Å². The highest BCUT2D eigenvalue weighted by Gasteiger charge is 2.06. The second-order valence-electron chi connectivity index (χ2n) is 3.70. The molecule has 0 aliphatic carbocycles. The van der Waals surface area contributed by atoms with E-state index in [9.17, 15) is 13.6 Å². The Morgan fingerprint density at radius 3 is 2.90 bits per heavy atom. The van der Waals surface area contributed by atoms with E-state index in [4.69, 9.17) is 4.84 Å². The number of anilines is 1. The molecule has 1 aromatic carbocycles. The number of hydrogen-bond acceptors (Lipinski definition) is 4. The predicted molar refractivity (Wildman–Crippen MR) is 72.9 cm³/mol. The van der Waals surface area contributed by atoms with Gasteiger partial charge in [0.05, 0.1) is 6.21 Å². The van der Waals surface area contributed by atoms with Gasteiger partial charge in [0.2, 0.25) is 0 Å². The molecule has 1 N–H and O–H groups in total. The van der Waals surface area contributed by atoms with E-state index in [0.717, 1.165) is 17.0 Å². The molecule has 2 aromatic rings. The molecule has 0 atom stereocenters. The summed E-state index contributed by atoms with van der Waals surface area (Å²) >= 11 is 1.48. The van der Waals surface area contributed by atoms with Crippen LogP contribution in [-0.4, -0.2) is 18.7 Å². The molecule has 0 bridgehead atoms. The Morgan fingerprint density at radius 1 is 1.35 bits per heavy atom. The summed E-state index contributed by atoms with van der Waals surface area (Å²) in [6, 6.07) is 6.79. The van der Waals surface area contributed by atoms with Crippen molar-refractivity contribution in [3.63, 3.8) is 0 Å². The number of oxime groups is 1. The maximum Gasteiger partial charge on any atom is 0.265 e. The van der Waals surface area contributed by atoms with Crippen LogP contribution in [-0.2, 0) is 9.63 Å². The molecular formula is C13H10F2N2O2S. The van der Waals surface area contributed by atoms with Crippen molar-refractivity contribution < 1.29 is 18.4 Å². The number of halogens is 2. The van der Waals surface area contributed by atoms with Crippen molar-refractivity contribution in [1.82, 2.24) is 0 Å². The highest BCUT2D eigenvalue weighted by Crippen LogP contribution is 2.12. The van der Waals surface area contributed by atoms with E-state index in [1.807, 2.05) is 17.5 Å². The van der Waals surface area contributed by atoms with Crippen LogP contribution in [0.5, 0.6) is 0 Å². The van der Waals surface area contributed by atoms with Crippen molar-refractivity contribution >= 4 is 29.1 Å². The van der Waals surface area contributed by atoms with Crippen molar-refractivity contribution in [3.05, 3.63) is 52.2 Å². The van der Waals surface area contributed by atoms with Crippen LogP contribution in [0.25, 0.3) is 0 Å². The van der Waals surface area contributed by atoms with Gasteiger partial charge in [-0.2, -0.15) is 0 Å². The van der Waals surface area contributed by atoms with Crippen LogP contribution in [0.2, 0.25) is 0 Å². The summed E-state index contributed by atoms with van der Waals surface area (Å²) in [4.78, 5) is 17.1. The number of nitrogens with zero attached hydrogens (tertiary/aromatic N) is 1. The van der Waals surface area contributed by atoms with E-state index in [-0.39, 0.29) is 12.3 Å². The maximum absolute atomic E-state index is 12.9. The van der Waals surface area contributed by atoms with E-state index in [1.165, 1.54) is 23.6 Å². The number of thiophene rings is 1. The Morgan fingerprint density at radius 2 is 2.20 bits per heavy atom. The zero-order valence-electron chi connectivity index (χ0n) is 10.2. The summed E-state index contributed by atoms with van der Waals surface area (Å²) in [5.74, 6) is -2.52. The number of amides is 1. The Labute approximate surface area is 117 Å². The topological polar surface area (TPSA) is 50.7 Å². The van der Waals surface area contributed by atoms with E-state index in [0.29, 0.717) is 0 Å². The molecule has 104 valence electrons. The summed E-state index contributed by atoms with van der Waals surface area (Å²) in [7, 11) is 0. The number of carbonyl (C=O) groups excluding carboxylic acids is 1. The maximum atomic E-state index is 12.9. The monoisotopic (exact) mass is 296 g/mol. The van der Waals surface area contributed by atoms with Gasteiger partial charge in [0, 0.05) is 16.6 Å². The summed E-state index contributed by atoms with van der Waals surface area (Å²) in [6.07, 6.45) is 1.48. The average molecular weight is 296 g/mol. The van der Waals surface area contributed by atoms with Gasteiger partial charge < -0.3 is 10.2 Å². The first-order valence-corrected chi connectivity index (χ1v) is 6.47. The number of benzene rings is 1. The van der Waals surface area contributed by atoms with Gasteiger partial charge in [-0.1, -0.05) is 11.2 Å². The molecule has 20 heavy (non-hydrogen) atoms. The molecule has 1 amide bonds. The number of hydrogen-bond donors (Lipinski definition) is 1. The van der Waals surface area contributed by atoms with Crippen molar-refractivity contribution in [2.75, 3.05) is 11.9 Å². The molecule has 1 aromatic heterocycles. The van der Waals surface area contributed by atoms with Crippen LogP contribution in [0.15, 0.2) is 40.9 Å². The third kappa shape index (κ3) is 4.13. The van der Waals surface area contributed by atoms with Crippen molar-refractivity contribution in [2.45, 2.75) is 0 Å². The van der Waals surface area contributed by atoms with Crippen LogP contribution in [0.3, 0.4) is 0 Å². The molecular weight excluding hydrogens is 286 g/mol. The molecule has 0 saturated heterocycles. The molecule has 4 nitrogen and oxygen atoms in total. The van der Waals surface area contributed by atoms with Gasteiger partial charge in [0.25, 0.3) is 5.91 Å². The molecule has 0 saturated carbocycles. The summed E-state index contributed by atoms with van der Waals surface area (Å²) in [6.45, 7) is -0.319. The molecule has 0 aliphatic heterocycles. The average Bonchev–Trinajstić information content (AvgIpc) is 2.92. The SMILES string of the molecule is O=C(CO/N=C/c1cccs1)Nc1ccc(F)c(F)c1. The van der Waals surface area contributed by atoms with Gasteiger partial charge in [-0.05, 0) is 23.6 Å². The lowest BCUT2D eigenvalue weighted by Gasteiger charge is -2.04. The first kappa shape index (κ1) is 14.1. The molecule has 0 spiro atoms. The summed E-state index contributed by atoms with van der Waals surface area (Å²) in [5.41, 5.74) is 0.153. The van der Waals surface area contributed by atoms with Crippen LogP contribution in [0.4, 0.5) is 14.5 Å². The zero-order valence-corrected chi connectivity index (χ0v) is 11.0. The van der Waals surface area contributed by atoms with Crippen LogP contribution in [0.1, 0.15) is 4.88 Å². The van der Waals surface area contributed by atoms with Crippen molar-refractivity contribution in [3.8, 4) is 0 Å². The molecule has 0 radical (unpaired) electrons. The van der Waals surface area contributed by atoms with E-state index < -0.39 is 17.5 Å². The minimum absolute atomic E-state index is 0.153. The van der Waals surface area contributed by atoms with E-state index in [2.05, 4.69) is 10.5 Å². The molecule has 0 unspecified atom stereocenters. The van der Waals surface area contributed by atoms with E-state index >= 15 is 0 Å². The lowest BCUT2D eigenvalue weighted by atomic mass is 10.3. The minimum atomic E-state index is -1.03. The lowest BCUT2D eigenvalue weighted by Crippen LogP contribution is -2.17. The zero-order chi connectivity index (χ0) is 14.4. The number of nitrogens with one attached hydrogen (secondary N) is 1. The molecule has 7 heteroatoms. The Balaban J connectivity index is 1.79. The third-order valence-electron chi connectivity index (χ3n) is 2.20. The van der Waals surface area contributed by atoms with Gasteiger partial charge >= 0.3 is 0 Å². The second-order valence-corrected chi connectivity index (χ2v) is 4.68. The highest BCUT2D eigenvalue weighted by molar-refractivity contribution is 7.11. The molecule has 0 fully saturated rings. The third-order valence-corrected chi connectivity index (χ3v) is 3.00. The largest absolute Gasteiger partial charge is 0.386 e. The Kier molecular flexibility index (Phi) is 4.78. The van der Waals surface area contributed by atoms with Crippen molar-refractivity contribution in [1.29, 1.82) is 0 Å². The molecule has 1 heterocycles. The van der Waals surface area contributed by atoms with Gasteiger partial charge in [-0.3, -0.25) is 4.79 Å². The second kappa shape index (κ2) is 6.76. The quantitative estimate of drug-likeness (QED) is 0.681. The van der Waals surface area contributed by atoms with Crippen LogP contribution in [0, 0.1) is 11.6 Å². The highest BCUT2D eigenvalue weighted by atomic mass is 32.1. The number of carbonyl (C=O) groups is 1. The predicted octanol–water partition coefficient (Wildman–Crippen LogP) is 3.02. The first-order valence-electron chi connectivity index (χ1n) is 5.59. The fourth-order valence-electron chi connectivity index (χ4n) is 1.32. The lowest BCUT2D eigenvalue weighted by molar-refractivity contribution is -0.120. The Bertz CT molecular complexity index is 615. The van der Waals surface area contributed by atoms with Crippen LogP contribution < -0.4 is 5.32 Å². The van der Waals surface area contributed by atoms with Gasteiger partial charge in [0.1, 0.15) is 0 Å². The summed E-state index contributed by atoms with van der Waals surface area (Å²) < 4.78 is 25.6. The fourth-order valence-corrected chi connectivity index (χ4v) is 1.90. The standard InChI is InChI=1S/C13H10F2N2O2S/c14-11-4-3-9(6-12(11)15)17-13(18)8-19-16-7-10-2-1-5-20-10/h1-7H,8H2,(H,17,18)/b16-7+. The molecule has 2 rings (SSSR count). The van der Waals surface area contributed by atoms with E-state index in [1.54, 1.807) is 0 Å².